The van der Waals surface area contributed by atoms with Gasteiger partial charge in [-0.15, -0.1) is 0 Å². The van der Waals surface area contributed by atoms with Crippen LogP contribution in [-0.4, -0.2) is 20.9 Å². The second-order valence-corrected chi connectivity index (χ2v) is 9.37. The number of hydrogen-bond donors (Lipinski definition) is 1. The van der Waals surface area contributed by atoms with E-state index in [1.165, 1.54) is 12.1 Å². The fourth-order valence-corrected chi connectivity index (χ4v) is 4.97. The van der Waals surface area contributed by atoms with Crippen molar-refractivity contribution in [2.45, 2.75) is 25.7 Å². The van der Waals surface area contributed by atoms with Crippen molar-refractivity contribution in [3.63, 3.8) is 0 Å². The Balaban J connectivity index is 2.01. The first-order valence-electron chi connectivity index (χ1n) is 9.40. The van der Waals surface area contributed by atoms with Crippen molar-refractivity contribution in [1.82, 2.24) is 0 Å². The Morgan fingerprint density at radius 1 is 0.900 bits per heavy atom. The molecular formula is C23H23ClN2O3S. The molecular weight excluding hydrogens is 420 g/mol. The quantitative estimate of drug-likeness (QED) is 0.577. The number of para-hydroxylation sites is 1. The van der Waals surface area contributed by atoms with Gasteiger partial charge in [0, 0.05) is 10.7 Å². The lowest BCUT2D eigenvalue weighted by molar-refractivity contribution is -0.114. The van der Waals surface area contributed by atoms with Crippen molar-refractivity contribution < 1.29 is 13.2 Å². The highest BCUT2D eigenvalue weighted by Crippen LogP contribution is 2.29. The molecule has 0 bridgehead atoms. The number of halogens is 1. The standard InChI is InChI=1S/C23H23ClN2O3S/c1-16-8-7-9-17(2)23(16)25-22(27)15-26(21-13-12-19(24)14-18(21)3)30(28,29)20-10-5-4-6-11-20/h4-14H,15H2,1-3H3,(H,25,27). The molecule has 0 aliphatic carbocycles. The van der Waals surface area contributed by atoms with Crippen molar-refractivity contribution in [3.8, 4) is 0 Å². The summed E-state index contributed by atoms with van der Waals surface area (Å²) in [4.78, 5) is 13.0. The van der Waals surface area contributed by atoms with Crippen LogP contribution in [-0.2, 0) is 14.8 Å². The molecule has 30 heavy (non-hydrogen) atoms. The Labute approximate surface area is 182 Å². The summed E-state index contributed by atoms with van der Waals surface area (Å²) in [5.41, 5.74) is 3.56. The second-order valence-electron chi connectivity index (χ2n) is 7.07. The number of aryl methyl sites for hydroxylation is 3. The minimum absolute atomic E-state index is 0.110. The predicted molar refractivity (Wildman–Crippen MR) is 122 cm³/mol. The van der Waals surface area contributed by atoms with Crippen LogP contribution in [0.3, 0.4) is 0 Å². The molecule has 0 aliphatic rings. The van der Waals surface area contributed by atoms with Crippen LogP contribution in [0.25, 0.3) is 0 Å². The molecule has 3 rings (SSSR count). The van der Waals surface area contributed by atoms with E-state index in [9.17, 15) is 13.2 Å². The van der Waals surface area contributed by atoms with E-state index in [-0.39, 0.29) is 11.4 Å². The Morgan fingerprint density at radius 3 is 2.13 bits per heavy atom. The molecule has 1 amide bonds. The summed E-state index contributed by atoms with van der Waals surface area (Å²) in [6.07, 6.45) is 0. The molecule has 0 radical (unpaired) electrons. The largest absolute Gasteiger partial charge is 0.324 e. The van der Waals surface area contributed by atoms with Gasteiger partial charge in [-0.1, -0.05) is 48.0 Å². The zero-order chi connectivity index (χ0) is 21.9. The van der Waals surface area contributed by atoms with Crippen LogP contribution >= 0.6 is 11.6 Å². The first-order valence-corrected chi connectivity index (χ1v) is 11.2. The average Bonchev–Trinajstić information content (AvgIpc) is 2.70. The Bertz CT molecular complexity index is 1160. The molecule has 0 saturated heterocycles. The van der Waals surface area contributed by atoms with Crippen molar-refractivity contribution in [2.24, 2.45) is 0 Å². The van der Waals surface area contributed by atoms with Gasteiger partial charge in [0.15, 0.2) is 0 Å². The van der Waals surface area contributed by atoms with E-state index in [1.807, 2.05) is 32.0 Å². The van der Waals surface area contributed by atoms with E-state index >= 15 is 0 Å². The summed E-state index contributed by atoms with van der Waals surface area (Å²) in [6.45, 7) is 5.18. The van der Waals surface area contributed by atoms with Crippen LogP contribution in [0.15, 0.2) is 71.6 Å². The molecule has 0 spiro atoms. The summed E-state index contributed by atoms with van der Waals surface area (Å²) < 4.78 is 27.9. The van der Waals surface area contributed by atoms with Gasteiger partial charge in [0.1, 0.15) is 6.54 Å². The topological polar surface area (TPSA) is 66.5 Å². The molecule has 156 valence electrons. The zero-order valence-corrected chi connectivity index (χ0v) is 18.6. The molecule has 0 aromatic heterocycles. The SMILES string of the molecule is Cc1cc(Cl)ccc1N(CC(=O)Nc1c(C)cccc1C)S(=O)(=O)c1ccccc1. The second kappa shape index (κ2) is 8.90. The lowest BCUT2D eigenvalue weighted by Gasteiger charge is -2.26. The fourth-order valence-electron chi connectivity index (χ4n) is 3.24. The monoisotopic (exact) mass is 442 g/mol. The van der Waals surface area contributed by atoms with Gasteiger partial charge in [0.25, 0.3) is 10.0 Å². The van der Waals surface area contributed by atoms with Crippen LogP contribution in [0, 0.1) is 20.8 Å². The number of carbonyl (C=O) groups excluding carboxylic acids is 1. The van der Waals surface area contributed by atoms with Gasteiger partial charge in [-0.3, -0.25) is 9.10 Å². The minimum atomic E-state index is -3.97. The van der Waals surface area contributed by atoms with Crippen molar-refractivity contribution in [2.75, 3.05) is 16.2 Å². The van der Waals surface area contributed by atoms with Gasteiger partial charge in [-0.2, -0.15) is 0 Å². The molecule has 7 heteroatoms. The first-order chi connectivity index (χ1) is 14.2. The zero-order valence-electron chi connectivity index (χ0n) is 17.0. The van der Waals surface area contributed by atoms with Gasteiger partial charge in [0.2, 0.25) is 5.91 Å². The minimum Gasteiger partial charge on any atom is -0.324 e. The highest BCUT2D eigenvalue weighted by atomic mass is 35.5. The third kappa shape index (κ3) is 4.66. The van der Waals surface area contributed by atoms with Crippen molar-refractivity contribution in [3.05, 3.63) is 88.4 Å². The van der Waals surface area contributed by atoms with Gasteiger partial charge in [-0.25, -0.2) is 8.42 Å². The van der Waals surface area contributed by atoms with Gasteiger partial charge < -0.3 is 5.32 Å². The van der Waals surface area contributed by atoms with Crippen molar-refractivity contribution >= 4 is 38.9 Å². The summed E-state index contributed by atoms with van der Waals surface area (Å²) >= 11 is 6.05. The number of sulfonamides is 1. The number of rotatable bonds is 6. The molecule has 0 fully saturated rings. The van der Waals surface area contributed by atoms with E-state index in [0.29, 0.717) is 22.0 Å². The summed E-state index contributed by atoms with van der Waals surface area (Å²) in [5.74, 6) is -0.429. The van der Waals surface area contributed by atoms with Gasteiger partial charge >= 0.3 is 0 Å². The van der Waals surface area contributed by atoms with Crippen LogP contribution in [0.5, 0.6) is 0 Å². The summed E-state index contributed by atoms with van der Waals surface area (Å²) in [5, 5.41) is 3.36. The van der Waals surface area contributed by atoms with E-state index in [1.54, 1.807) is 43.3 Å². The molecule has 0 heterocycles. The lowest BCUT2D eigenvalue weighted by atomic mass is 10.1. The van der Waals surface area contributed by atoms with Gasteiger partial charge in [0.05, 0.1) is 10.6 Å². The highest BCUT2D eigenvalue weighted by Gasteiger charge is 2.28. The molecule has 3 aromatic rings. The Morgan fingerprint density at radius 2 is 1.53 bits per heavy atom. The maximum absolute atomic E-state index is 13.4. The van der Waals surface area contributed by atoms with Crippen LogP contribution < -0.4 is 9.62 Å². The maximum Gasteiger partial charge on any atom is 0.264 e. The number of anilines is 2. The van der Waals surface area contributed by atoms with E-state index in [4.69, 9.17) is 11.6 Å². The molecule has 0 aliphatic heterocycles. The van der Waals surface area contributed by atoms with E-state index < -0.39 is 15.9 Å². The number of nitrogens with one attached hydrogen (secondary N) is 1. The third-order valence-electron chi connectivity index (χ3n) is 4.79. The Hall–Kier alpha value is -2.83. The molecule has 0 saturated carbocycles. The average molecular weight is 443 g/mol. The normalized spacial score (nSPS) is 11.2. The predicted octanol–water partition coefficient (Wildman–Crippen LogP) is 5.10. The molecule has 0 unspecified atom stereocenters. The number of benzene rings is 3. The number of amides is 1. The van der Waals surface area contributed by atoms with E-state index in [0.717, 1.165) is 15.4 Å². The van der Waals surface area contributed by atoms with Crippen LogP contribution in [0.1, 0.15) is 16.7 Å². The van der Waals surface area contributed by atoms with Crippen LogP contribution in [0.2, 0.25) is 5.02 Å². The highest BCUT2D eigenvalue weighted by molar-refractivity contribution is 7.92. The molecule has 5 nitrogen and oxygen atoms in total. The smallest absolute Gasteiger partial charge is 0.264 e. The van der Waals surface area contributed by atoms with Gasteiger partial charge in [-0.05, 0) is 67.8 Å². The molecule has 3 aromatic carbocycles. The first kappa shape index (κ1) is 21.9. The molecule has 0 atom stereocenters. The third-order valence-corrected chi connectivity index (χ3v) is 6.80. The summed E-state index contributed by atoms with van der Waals surface area (Å²) in [7, 11) is -3.97. The fraction of sp³-hybridized carbons (Fsp3) is 0.174. The molecule has 1 N–H and O–H groups in total. The number of carbonyl (C=O) groups is 1. The van der Waals surface area contributed by atoms with Crippen LogP contribution in [0.4, 0.5) is 11.4 Å². The van der Waals surface area contributed by atoms with Crippen molar-refractivity contribution in [1.29, 1.82) is 0 Å². The lowest BCUT2D eigenvalue weighted by Crippen LogP contribution is -2.38. The summed E-state index contributed by atoms with van der Waals surface area (Å²) in [6, 6.07) is 18.7. The number of nitrogens with zero attached hydrogens (tertiary/aromatic N) is 1. The maximum atomic E-state index is 13.4. The number of hydrogen-bond acceptors (Lipinski definition) is 3. The van der Waals surface area contributed by atoms with E-state index in [2.05, 4.69) is 5.32 Å². The Kier molecular flexibility index (Phi) is 6.48.